The van der Waals surface area contributed by atoms with E-state index in [1.807, 2.05) is 6.92 Å². The van der Waals surface area contributed by atoms with Crippen molar-refractivity contribution < 1.29 is 14.5 Å². The summed E-state index contributed by atoms with van der Waals surface area (Å²) in [4.78, 5) is 22.2. The molecule has 0 aromatic carbocycles. The van der Waals surface area contributed by atoms with Gasteiger partial charge in [-0.2, -0.15) is 0 Å². The van der Waals surface area contributed by atoms with Crippen LogP contribution in [0, 0.1) is 0 Å². The Hall–Kier alpha value is -0.810. The molecule has 0 saturated heterocycles. The van der Waals surface area contributed by atoms with Gasteiger partial charge >= 0.3 is 6.03 Å². The third-order valence-corrected chi connectivity index (χ3v) is 1.12. The maximum Gasteiger partial charge on any atom is 0.369 e. The van der Waals surface area contributed by atoms with Crippen molar-refractivity contribution in [3.05, 3.63) is 0 Å². The van der Waals surface area contributed by atoms with Crippen molar-refractivity contribution in [3.63, 3.8) is 0 Å². The molecule has 0 aromatic heterocycles. The summed E-state index contributed by atoms with van der Waals surface area (Å²) in [6.07, 6.45) is 0.834. The summed E-state index contributed by atoms with van der Waals surface area (Å²) in [5.41, 5.74) is 0. The monoisotopic (exact) mass is 176 g/mol. The molecule has 2 amide bonds. The van der Waals surface area contributed by atoms with Gasteiger partial charge in [0.05, 0.1) is 13.7 Å². The molecule has 0 N–H and O–H groups in total. The first-order chi connectivity index (χ1) is 5.63. The van der Waals surface area contributed by atoms with Crippen molar-refractivity contribution in [2.75, 3.05) is 27.8 Å². The van der Waals surface area contributed by atoms with Crippen LogP contribution in [0.25, 0.3) is 0 Å². The number of urea groups is 1. The van der Waals surface area contributed by atoms with Crippen molar-refractivity contribution in [1.29, 1.82) is 0 Å². The summed E-state index contributed by atoms with van der Waals surface area (Å²) < 4.78 is 0. The fourth-order valence-corrected chi connectivity index (χ4v) is 0.524. The Morgan fingerprint density at radius 2 is 2.00 bits per heavy atom. The predicted octanol–water partition coefficient (Wildman–Crippen LogP) is 0.873. The zero-order valence-electron chi connectivity index (χ0n) is 8.03. The lowest BCUT2D eigenvalue weighted by Gasteiger charge is -2.21. The van der Waals surface area contributed by atoms with Gasteiger partial charge in [-0.15, -0.1) is 0 Å². The van der Waals surface area contributed by atoms with Gasteiger partial charge in [0.1, 0.15) is 0 Å². The number of hydroxylamine groups is 2. The highest BCUT2D eigenvalue weighted by Crippen LogP contribution is 1.96. The Morgan fingerprint density at radius 1 is 1.42 bits per heavy atom. The molecule has 12 heavy (non-hydrogen) atoms. The molecule has 5 heteroatoms. The molecule has 0 rings (SSSR count). The average molecular weight is 176 g/mol. The summed E-state index contributed by atoms with van der Waals surface area (Å²) >= 11 is 0. The molecule has 0 aliphatic carbocycles. The van der Waals surface area contributed by atoms with E-state index in [1.165, 1.54) is 12.0 Å². The second kappa shape index (κ2) is 5.79. The molecule has 0 heterocycles. The minimum absolute atomic E-state index is 0.328. The largest absolute Gasteiger partial charge is 0.369 e. The highest BCUT2D eigenvalue weighted by molar-refractivity contribution is 5.71. The van der Waals surface area contributed by atoms with E-state index in [-0.39, 0.29) is 6.03 Å². The van der Waals surface area contributed by atoms with Crippen LogP contribution < -0.4 is 0 Å². The van der Waals surface area contributed by atoms with Gasteiger partial charge in [0.15, 0.2) is 0 Å². The van der Waals surface area contributed by atoms with Crippen LogP contribution in [-0.2, 0) is 9.68 Å². The Labute approximate surface area is 72.7 Å². The number of nitrogens with zero attached hydrogens (tertiary/aromatic N) is 2. The summed E-state index contributed by atoms with van der Waals surface area (Å²) in [5.74, 6) is 0. The molecule has 0 aliphatic heterocycles. The number of amides is 2. The van der Waals surface area contributed by atoms with Crippen LogP contribution in [0.2, 0.25) is 0 Å². The zero-order chi connectivity index (χ0) is 9.56. The summed E-state index contributed by atoms with van der Waals surface area (Å²) in [6, 6.07) is -0.328. The highest BCUT2D eigenvalue weighted by atomic mass is 17.0. The first kappa shape index (κ1) is 11.2. The van der Waals surface area contributed by atoms with Gasteiger partial charge in [0, 0.05) is 14.1 Å². The molecule has 5 nitrogen and oxygen atoms in total. The molecule has 0 unspecified atom stereocenters. The van der Waals surface area contributed by atoms with Crippen molar-refractivity contribution in [2.24, 2.45) is 0 Å². The Bertz CT molecular complexity index is 139. The van der Waals surface area contributed by atoms with Gasteiger partial charge in [-0.3, -0.25) is 0 Å². The van der Waals surface area contributed by atoms with Gasteiger partial charge in [-0.05, 0) is 6.42 Å². The number of carbonyl (C=O) groups is 1. The number of hydrogen-bond acceptors (Lipinski definition) is 3. The Balaban J connectivity index is 3.88. The first-order valence-corrected chi connectivity index (χ1v) is 3.81. The van der Waals surface area contributed by atoms with E-state index >= 15 is 0 Å². The predicted molar refractivity (Wildman–Crippen MR) is 44.2 cm³/mol. The molecule has 0 bridgehead atoms. The van der Waals surface area contributed by atoms with E-state index in [1.54, 1.807) is 14.1 Å². The molecule has 0 fully saturated rings. The summed E-state index contributed by atoms with van der Waals surface area (Å²) in [7, 11) is 4.64. The van der Waals surface area contributed by atoms with Gasteiger partial charge < -0.3 is 4.90 Å². The molecule has 0 aliphatic rings. The van der Waals surface area contributed by atoms with Crippen molar-refractivity contribution >= 4 is 6.03 Å². The molecule has 72 valence electrons. The van der Waals surface area contributed by atoms with Crippen molar-refractivity contribution in [2.45, 2.75) is 13.3 Å². The minimum atomic E-state index is -0.328. The van der Waals surface area contributed by atoms with Crippen LogP contribution in [-0.4, -0.2) is 44.0 Å². The molecule has 0 spiro atoms. The van der Waals surface area contributed by atoms with Crippen LogP contribution in [0.5, 0.6) is 0 Å². The van der Waals surface area contributed by atoms with Crippen LogP contribution in [0.1, 0.15) is 13.3 Å². The lowest BCUT2D eigenvalue weighted by molar-refractivity contribution is -0.316. The smallest absolute Gasteiger partial charge is 0.327 e. The molecule has 0 saturated carbocycles. The quantitative estimate of drug-likeness (QED) is 0.597. The van der Waals surface area contributed by atoms with Crippen LogP contribution in [0.15, 0.2) is 0 Å². The van der Waals surface area contributed by atoms with E-state index in [2.05, 4.69) is 0 Å². The molecular weight excluding hydrogens is 160 g/mol. The summed E-state index contributed by atoms with van der Waals surface area (Å²) in [6.45, 7) is 2.42. The van der Waals surface area contributed by atoms with Gasteiger partial charge in [-0.1, -0.05) is 12.2 Å². The third-order valence-electron chi connectivity index (χ3n) is 1.12. The minimum Gasteiger partial charge on any atom is -0.327 e. The third kappa shape index (κ3) is 3.54. The SMILES string of the molecule is CCCON(OC)C(=O)N(C)C. The van der Waals surface area contributed by atoms with Crippen LogP contribution in [0.4, 0.5) is 4.79 Å². The summed E-state index contributed by atoms with van der Waals surface area (Å²) in [5, 5.41) is 0.865. The van der Waals surface area contributed by atoms with Crippen molar-refractivity contribution in [1.82, 2.24) is 10.1 Å². The van der Waals surface area contributed by atoms with Crippen LogP contribution in [0.3, 0.4) is 0 Å². The standard InChI is InChI=1S/C7H16N2O3/c1-5-6-12-9(11-4)7(10)8(2)3/h5-6H2,1-4H3. The zero-order valence-corrected chi connectivity index (χ0v) is 8.03. The Morgan fingerprint density at radius 3 is 2.33 bits per heavy atom. The number of carbonyl (C=O) groups excluding carboxylic acids is 1. The van der Waals surface area contributed by atoms with Gasteiger partial charge in [0.2, 0.25) is 0 Å². The normalized spacial score (nSPS) is 9.67. The van der Waals surface area contributed by atoms with Crippen LogP contribution >= 0.6 is 0 Å². The second-order valence-corrected chi connectivity index (χ2v) is 2.45. The number of hydrogen-bond donors (Lipinski definition) is 0. The van der Waals surface area contributed by atoms with Gasteiger partial charge in [0.25, 0.3) is 0 Å². The molecule has 0 aromatic rings. The molecule has 0 radical (unpaired) electrons. The van der Waals surface area contributed by atoms with E-state index in [0.29, 0.717) is 6.61 Å². The molecule has 0 atom stereocenters. The Kier molecular flexibility index (Phi) is 5.40. The fraction of sp³-hybridized carbons (Fsp3) is 0.857. The average Bonchev–Trinajstić information content (AvgIpc) is 2.05. The lowest BCUT2D eigenvalue weighted by Crippen LogP contribution is -2.38. The first-order valence-electron chi connectivity index (χ1n) is 3.81. The van der Waals surface area contributed by atoms with E-state index in [9.17, 15) is 4.79 Å². The van der Waals surface area contributed by atoms with E-state index in [0.717, 1.165) is 11.6 Å². The van der Waals surface area contributed by atoms with Gasteiger partial charge in [-0.25, -0.2) is 14.5 Å². The second-order valence-electron chi connectivity index (χ2n) is 2.45. The van der Waals surface area contributed by atoms with Crippen molar-refractivity contribution in [3.8, 4) is 0 Å². The topological polar surface area (TPSA) is 42.0 Å². The maximum atomic E-state index is 11.2. The fourth-order valence-electron chi connectivity index (χ4n) is 0.524. The maximum absolute atomic E-state index is 11.2. The van der Waals surface area contributed by atoms with E-state index in [4.69, 9.17) is 9.68 Å². The highest BCUT2D eigenvalue weighted by Gasteiger charge is 2.15. The lowest BCUT2D eigenvalue weighted by atomic mass is 10.5. The molecular formula is C7H16N2O3. The number of rotatable bonds is 4. The van der Waals surface area contributed by atoms with E-state index < -0.39 is 0 Å².